The summed E-state index contributed by atoms with van der Waals surface area (Å²) in [5.74, 6) is 0. The van der Waals surface area contributed by atoms with Crippen molar-refractivity contribution in [3.63, 3.8) is 0 Å². The van der Waals surface area contributed by atoms with Crippen LogP contribution in [0.4, 0.5) is 0 Å². The Hall–Kier alpha value is -0.664. The first kappa shape index (κ1) is 18.4. The second-order valence-electron chi connectivity index (χ2n) is 4.25. The van der Waals surface area contributed by atoms with Crippen LogP contribution in [0.1, 0.15) is 0 Å². The van der Waals surface area contributed by atoms with Crippen molar-refractivity contribution in [2.75, 3.05) is 0 Å². The molecule has 0 unspecified atom stereocenters. The molecule has 0 saturated carbocycles. The van der Waals surface area contributed by atoms with Gasteiger partial charge < -0.3 is 17.0 Å². The molecule has 0 spiro atoms. The molecule has 0 aliphatic rings. The summed E-state index contributed by atoms with van der Waals surface area (Å²) in [6.45, 7) is 0. The Morgan fingerprint density at radius 1 is 0.619 bits per heavy atom. The third kappa shape index (κ3) is 4.65. The van der Waals surface area contributed by atoms with E-state index in [0.29, 0.717) is 0 Å². The van der Waals surface area contributed by atoms with Gasteiger partial charge in [0.2, 0.25) is 0 Å². The molecule has 0 fully saturated rings. The molecule has 0 nitrogen and oxygen atoms in total. The Kier molecular flexibility index (Phi) is 8.21. The summed E-state index contributed by atoms with van der Waals surface area (Å²) in [5.41, 5.74) is 0. The summed E-state index contributed by atoms with van der Waals surface area (Å²) in [5, 5.41) is 4.01. The van der Waals surface area contributed by atoms with Crippen molar-refractivity contribution >= 4 is 46.9 Å². The molecule has 0 radical (unpaired) electrons. The van der Waals surface area contributed by atoms with Crippen molar-refractivity contribution in [1.82, 2.24) is 0 Å². The van der Waals surface area contributed by atoms with E-state index in [2.05, 4.69) is 78.9 Å². The first-order chi connectivity index (χ1) is 9.45. The minimum absolute atomic E-state index is 0. The molecule has 0 N–H and O–H groups in total. The van der Waals surface area contributed by atoms with Crippen molar-refractivity contribution in [3.8, 4) is 0 Å². The van der Waals surface area contributed by atoms with Crippen LogP contribution >= 0.6 is 7.92 Å². The monoisotopic (exact) mass is 364 g/mol. The van der Waals surface area contributed by atoms with Crippen molar-refractivity contribution < 1.29 is 17.0 Å². The fourth-order valence-corrected chi connectivity index (χ4v) is 4.34. The number of halogens is 1. The molecule has 0 bridgehead atoms. The molecule has 3 heteroatoms. The SMILES string of the molecule is [Br-].[Mg+2].[c-]1ccccc1P(c1ccccc1)c1ccccc1. The standard InChI is InChI=1S/C18H14P.BrH.Mg/c1-4-10-16(11-5-1)19(17-12-6-2-7-13-17)18-14-8-3-9-15-18;;/h1-14H;1H;/q-1;;+2/p-1. The normalized spacial score (nSPS) is 9.57. The number of benzene rings is 3. The molecule has 0 aliphatic heterocycles. The van der Waals surface area contributed by atoms with Gasteiger partial charge in [0.25, 0.3) is 0 Å². The van der Waals surface area contributed by atoms with E-state index >= 15 is 0 Å². The Morgan fingerprint density at radius 2 is 1.10 bits per heavy atom. The first-order valence-electron chi connectivity index (χ1n) is 6.32. The van der Waals surface area contributed by atoms with Crippen LogP contribution < -0.4 is 32.9 Å². The molecule has 3 aromatic rings. The molecule has 0 saturated heterocycles. The molecule has 3 rings (SSSR count). The van der Waals surface area contributed by atoms with Gasteiger partial charge in [0.05, 0.1) is 0 Å². The zero-order valence-electron chi connectivity index (χ0n) is 11.6. The Labute approximate surface area is 154 Å². The minimum Gasteiger partial charge on any atom is -1.00 e. The smallest absolute Gasteiger partial charge is 1.00 e. The molecular formula is C18H14BrMgP. The van der Waals surface area contributed by atoms with Crippen LogP contribution in [0.2, 0.25) is 0 Å². The van der Waals surface area contributed by atoms with E-state index < -0.39 is 7.92 Å². The summed E-state index contributed by atoms with van der Waals surface area (Å²) < 4.78 is 0. The molecule has 3 aromatic carbocycles. The first-order valence-corrected chi connectivity index (χ1v) is 7.66. The summed E-state index contributed by atoms with van der Waals surface area (Å²) >= 11 is 0. The fraction of sp³-hybridized carbons (Fsp3) is 0. The zero-order chi connectivity index (χ0) is 12.9. The molecule has 0 amide bonds. The van der Waals surface area contributed by atoms with Crippen LogP contribution in [-0.2, 0) is 0 Å². The number of hydrogen-bond donors (Lipinski definition) is 0. The predicted molar refractivity (Wildman–Crippen MR) is 89.7 cm³/mol. The quantitative estimate of drug-likeness (QED) is 0.345. The summed E-state index contributed by atoms with van der Waals surface area (Å²) in [6, 6.07) is 33.1. The minimum atomic E-state index is -0.502. The molecule has 0 atom stereocenters. The predicted octanol–water partition coefficient (Wildman–Crippen LogP) is -0.132. The summed E-state index contributed by atoms with van der Waals surface area (Å²) in [4.78, 5) is 0. The van der Waals surface area contributed by atoms with Gasteiger partial charge in [-0.2, -0.15) is 30.3 Å². The van der Waals surface area contributed by atoms with E-state index in [-0.39, 0.29) is 40.0 Å². The average molecular weight is 365 g/mol. The number of hydrogen-bond acceptors (Lipinski definition) is 0. The van der Waals surface area contributed by atoms with Gasteiger partial charge in [-0.25, -0.2) is 0 Å². The van der Waals surface area contributed by atoms with Crippen LogP contribution in [0, 0.1) is 6.07 Å². The maximum Gasteiger partial charge on any atom is 2.00 e. The number of rotatable bonds is 3. The second-order valence-corrected chi connectivity index (χ2v) is 6.44. The van der Waals surface area contributed by atoms with Crippen molar-refractivity contribution in [3.05, 3.63) is 91.0 Å². The van der Waals surface area contributed by atoms with E-state index in [9.17, 15) is 0 Å². The van der Waals surface area contributed by atoms with Gasteiger partial charge in [-0.3, -0.25) is 0 Å². The molecule has 0 aromatic heterocycles. The fourth-order valence-electron chi connectivity index (χ4n) is 2.10. The van der Waals surface area contributed by atoms with Gasteiger partial charge in [-0.1, -0.05) is 60.7 Å². The summed E-state index contributed by atoms with van der Waals surface area (Å²) in [6.07, 6.45) is 0. The molecule has 100 valence electrons. The van der Waals surface area contributed by atoms with Crippen molar-refractivity contribution in [2.45, 2.75) is 0 Å². The van der Waals surface area contributed by atoms with Gasteiger partial charge >= 0.3 is 23.1 Å². The topological polar surface area (TPSA) is 0 Å². The molecule has 0 heterocycles. The molecule has 0 aliphatic carbocycles. The second kappa shape index (κ2) is 9.37. The molecule has 21 heavy (non-hydrogen) atoms. The third-order valence-corrected chi connectivity index (χ3v) is 5.35. The average Bonchev–Trinajstić information content (AvgIpc) is 2.51. The van der Waals surface area contributed by atoms with Gasteiger partial charge in [0.15, 0.2) is 0 Å². The maximum atomic E-state index is 3.39. The van der Waals surface area contributed by atoms with E-state index in [1.807, 2.05) is 12.1 Å². The van der Waals surface area contributed by atoms with Crippen LogP contribution in [0.25, 0.3) is 0 Å². The van der Waals surface area contributed by atoms with Gasteiger partial charge in [-0.15, -0.1) is 5.30 Å². The van der Waals surface area contributed by atoms with Crippen LogP contribution in [0.15, 0.2) is 84.9 Å². The Balaban J connectivity index is 0.00000110. The Bertz CT molecular complexity index is 535. The van der Waals surface area contributed by atoms with Gasteiger partial charge in [0.1, 0.15) is 0 Å². The third-order valence-electron chi connectivity index (χ3n) is 2.96. The van der Waals surface area contributed by atoms with Crippen molar-refractivity contribution in [2.24, 2.45) is 0 Å². The zero-order valence-corrected chi connectivity index (χ0v) is 15.5. The van der Waals surface area contributed by atoms with Crippen molar-refractivity contribution in [1.29, 1.82) is 0 Å². The van der Waals surface area contributed by atoms with E-state index in [1.165, 1.54) is 15.9 Å². The van der Waals surface area contributed by atoms with E-state index in [1.54, 1.807) is 0 Å². The summed E-state index contributed by atoms with van der Waals surface area (Å²) in [7, 11) is -0.502. The molecular weight excluding hydrogens is 351 g/mol. The van der Waals surface area contributed by atoms with E-state index in [0.717, 1.165) is 0 Å². The van der Waals surface area contributed by atoms with Crippen LogP contribution in [0.3, 0.4) is 0 Å². The van der Waals surface area contributed by atoms with Gasteiger partial charge in [-0.05, 0) is 18.5 Å². The Morgan fingerprint density at radius 3 is 1.52 bits per heavy atom. The maximum absolute atomic E-state index is 3.39. The van der Waals surface area contributed by atoms with Crippen LogP contribution in [-0.4, -0.2) is 23.1 Å². The van der Waals surface area contributed by atoms with Crippen LogP contribution in [0.5, 0.6) is 0 Å². The van der Waals surface area contributed by atoms with E-state index in [4.69, 9.17) is 0 Å². The van der Waals surface area contributed by atoms with Gasteiger partial charge in [0, 0.05) is 0 Å². The largest absolute Gasteiger partial charge is 2.00 e.